The van der Waals surface area contributed by atoms with E-state index in [4.69, 9.17) is 9.97 Å². The minimum Gasteiger partial charge on any atom is -0.379 e. The average molecular weight is 503 g/mol. The van der Waals surface area contributed by atoms with Crippen LogP contribution in [0.2, 0.25) is 0 Å². The van der Waals surface area contributed by atoms with Crippen LogP contribution in [0.15, 0.2) is 24.7 Å². The summed E-state index contributed by atoms with van der Waals surface area (Å²) in [5.74, 6) is 2.39. The SMILES string of the molecule is C[C@@H]1CN(c2ncnc3c2C2(CCC2)CN3c2cc(C#N)ccn2)[C@@H](C)CN1C(=O)[C@]1(O)CCN(C)C1. The summed E-state index contributed by atoms with van der Waals surface area (Å²) in [4.78, 5) is 35.9. The highest BCUT2D eigenvalue weighted by molar-refractivity contribution is 5.86. The van der Waals surface area contributed by atoms with Crippen molar-refractivity contribution in [1.82, 2.24) is 24.8 Å². The molecule has 1 spiro atoms. The molecule has 1 N–H and O–H groups in total. The number of rotatable bonds is 3. The van der Waals surface area contributed by atoms with Gasteiger partial charge in [0.05, 0.1) is 11.6 Å². The van der Waals surface area contributed by atoms with E-state index in [0.717, 1.165) is 49.8 Å². The molecule has 3 atom stereocenters. The number of fused-ring (bicyclic) bond motifs is 2. The van der Waals surface area contributed by atoms with Crippen molar-refractivity contribution >= 4 is 23.4 Å². The number of piperazine rings is 1. The lowest BCUT2D eigenvalue weighted by atomic mass is 9.66. The second-order valence-electron chi connectivity index (χ2n) is 11.5. The smallest absolute Gasteiger partial charge is 0.256 e. The number of carbonyl (C=O) groups is 1. The number of nitriles is 1. The third-order valence-electron chi connectivity index (χ3n) is 8.87. The first-order chi connectivity index (χ1) is 17.7. The third kappa shape index (κ3) is 3.75. The molecule has 2 aromatic heterocycles. The lowest BCUT2D eigenvalue weighted by Crippen LogP contribution is -2.63. The molecule has 0 unspecified atom stereocenters. The number of aliphatic hydroxyl groups is 1. The Balaban J connectivity index is 1.32. The summed E-state index contributed by atoms with van der Waals surface area (Å²) in [7, 11) is 1.94. The van der Waals surface area contributed by atoms with E-state index >= 15 is 0 Å². The van der Waals surface area contributed by atoms with Gasteiger partial charge < -0.3 is 24.7 Å². The summed E-state index contributed by atoms with van der Waals surface area (Å²) >= 11 is 0. The highest BCUT2D eigenvalue weighted by Crippen LogP contribution is 2.56. The van der Waals surface area contributed by atoms with Crippen molar-refractivity contribution in [2.45, 2.75) is 62.6 Å². The van der Waals surface area contributed by atoms with Gasteiger partial charge in [-0.3, -0.25) is 4.79 Å². The molecule has 2 aromatic rings. The quantitative estimate of drug-likeness (QED) is 0.671. The van der Waals surface area contributed by atoms with Crippen molar-refractivity contribution in [3.8, 4) is 6.07 Å². The molecule has 1 aliphatic carbocycles. The molecular formula is C27H34N8O2. The van der Waals surface area contributed by atoms with E-state index in [0.29, 0.717) is 31.6 Å². The van der Waals surface area contributed by atoms with E-state index in [1.165, 1.54) is 5.56 Å². The number of carbonyl (C=O) groups excluding carboxylic acids is 1. The van der Waals surface area contributed by atoms with Crippen LogP contribution < -0.4 is 9.80 Å². The van der Waals surface area contributed by atoms with E-state index in [2.05, 4.69) is 34.7 Å². The number of aromatic nitrogens is 3. The molecule has 1 amide bonds. The second kappa shape index (κ2) is 8.64. The summed E-state index contributed by atoms with van der Waals surface area (Å²) in [5.41, 5.74) is 0.409. The maximum absolute atomic E-state index is 13.4. The van der Waals surface area contributed by atoms with E-state index < -0.39 is 5.60 Å². The molecular weight excluding hydrogens is 468 g/mol. The van der Waals surface area contributed by atoms with Gasteiger partial charge in [-0.05, 0) is 52.3 Å². The van der Waals surface area contributed by atoms with Crippen LogP contribution in [0.3, 0.4) is 0 Å². The number of likely N-dealkylation sites (tertiary alicyclic amines) is 1. The molecule has 0 radical (unpaired) electrons. The van der Waals surface area contributed by atoms with Gasteiger partial charge in [0.15, 0.2) is 5.60 Å². The van der Waals surface area contributed by atoms with Gasteiger partial charge in [0.1, 0.15) is 23.8 Å². The Morgan fingerprint density at radius 1 is 1.11 bits per heavy atom. The standard InChI is InChI=1S/C27H34N8O2/c1-18-14-34(25(36)27(37)8-10-32(3)16-27)19(2)13-33(18)23-22-24(31-17-30-23)35(15-26(22)6-4-7-26)21-11-20(12-28)5-9-29-21/h5,9,11,17-19,37H,4,6-8,10,13-16H2,1-3H3/t18-,19+,27-/m0/s1. The fourth-order valence-corrected chi connectivity index (χ4v) is 6.68. The van der Waals surface area contributed by atoms with Crippen LogP contribution in [-0.4, -0.2) is 93.2 Å². The zero-order valence-corrected chi connectivity index (χ0v) is 21.8. The number of β-amino-alcohol motifs (C(OH)–C–C–N with tert-alkyl or cyclic N) is 1. The number of hydrogen-bond acceptors (Lipinski definition) is 9. The third-order valence-corrected chi connectivity index (χ3v) is 8.87. The van der Waals surface area contributed by atoms with Crippen LogP contribution in [0.5, 0.6) is 0 Å². The van der Waals surface area contributed by atoms with Gasteiger partial charge in [0.25, 0.3) is 5.91 Å². The lowest BCUT2D eigenvalue weighted by Gasteiger charge is -2.48. The summed E-state index contributed by atoms with van der Waals surface area (Å²) < 4.78 is 0. The Morgan fingerprint density at radius 3 is 2.57 bits per heavy atom. The highest BCUT2D eigenvalue weighted by Gasteiger charge is 2.52. The number of pyridine rings is 1. The van der Waals surface area contributed by atoms with Crippen molar-refractivity contribution in [2.75, 3.05) is 49.6 Å². The molecule has 194 valence electrons. The number of amides is 1. The van der Waals surface area contributed by atoms with E-state index in [-0.39, 0.29) is 23.4 Å². The number of hydrogen-bond donors (Lipinski definition) is 1. The normalized spacial score (nSPS) is 28.8. The van der Waals surface area contributed by atoms with Gasteiger partial charge in [-0.15, -0.1) is 0 Å². The van der Waals surface area contributed by atoms with Gasteiger partial charge in [-0.2, -0.15) is 5.26 Å². The number of anilines is 3. The first-order valence-electron chi connectivity index (χ1n) is 13.2. The first kappa shape index (κ1) is 24.1. The highest BCUT2D eigenvalue weighted by atomic mass is 16.3. The van der Waals surface area contributed by atoms with E-state index in [1.54, 1.807) is 18.6 Å². The molecule has 3 fully saturated rings. The Kier molecular flexibility index (Phi) is 5.62. The monoisotopic (exact) mass is 502 g/mol. The van der Waals surface area contributed by atoms with Crippen LogP contribution in [0, 0.1) is 11.3 Å². The molecule has 4 aliphatic rings. The van der Waals surface area contributed by atoms with Crippen LogP contribution in [-0.2, 0) is 10.2 Å². The number of nitrogens with zero attached hydrogens (tertiary/aromatic N) is 8. The van der Waals surface area contributed by atoms with E-state index in [9.17, 15) is 15.2 Å². The molecule has 1 saturated carbocycles. The predicted octanol–water partition coefficient (Wildman–Crippen LogP) is 1.81. The molecule has 10 nitrogen and oxygen atoms in total. The van der Waals surface area contributed by atoms with Crippen molar-refractivity contribution in [3.63, 3.8) is 0 Å². The van der Waals surface area contributed by atoms with Crippen LogP contribution in [0.25, 0.3) is 0 Å². The zero-order valence-electron chi connectivity index (χ0n) is 21.8. The summed E-state index contributed by atoms with van der Waals surface area (Å²) in [6.07, 6.45) is 7.07. The topological polar surface area (TPSA) is 113 Å². The predicted molar refractivity (Wildman–Crippen MR) is 139 cm³/mol. The lowest BCUT2D eigenvalue weighted by molar-refractivity contribution is -0.153. The van der Waals surface area contributed by atoms with Crippen molar-refractivity contribution in [1.29, 1.82) is 5.26 Å². The van der Waals surface area contributed by atoms with Crippen LogP contribution in [0.1, 0.15) is 50.7 Å². The van der Waals surface area contributed by atoms with Gasteiger partial charge in [0.2, 0.25) is 0 Å². The molecule has 0 aromatic carbocycles. The minimum atomic E-state index is -1.30. The molecule has 37 heavy (non-hydrogen) atoms. The maximum Gasteiger partial charge on any atom is 0.256 e. The molecule has 3 aliphatic heterocycles. The minimum absolute atomic E-state index is 0.0320. The number of likely N-dealkylation sites (N-methyl/N-ethyl adjacent to an activating group) is 1. The largest absolute Gasteiger partial charge is 0.379 e. The second-order valence-corrected chi connectivity index (χ2v) is 11.5. The molecule has 6 rings (SSSR count). The fourth-order valence-electron chi connectivity index (χ4n) is 6.68. The maximum atomic E-state index is 13.4. The van der Waals surface area contributed by atoms with E-state index in [1.807, 2.05) is 22.9 Å². The molecule has 0 bridgehead atoms. The molecule has 2 saturated heterocycles. The fraction of sp³-hybridized carbons (Fsp3) is 0.593. The molecule has 5 heterocycles. The van der Waals surface area contributed by atoms with Gasteiger partial charge in [-0.1, -0.05) is 6.42 Å². The van der Waals surface area contributed by atoms with Crippen molar-refractivity contribution in [3.05, 3.63) is 35.8 Å². The Morgan fingerprint density at radius 2 is 1.89 bits per heavy atom. The van der Waals surface area contributed by atoms with Gasteiger partial charge in [-0.25, -0.2) is 15.0 Å². The summed E-state index contributed by atoms with van der Waals surface area (Å²) in [6, 6.07) is 5.73. The zero-order chi connectivity index (χ0) is 25.9. The summed E-state index contributed by atoms with van der Waals surface area (Å²) in [5, 5.41) is 20.5. The van der Waals surface area contributed by atoms with Crippen LogP contribution in [0.4, 0.5) is 17.5 Å². The Labute approximate surface area is 217 Å². The van der Waals surface area contributed by atoms with Crippen LogP contribution >= 0.6 is 0 Å². The first-order valence-corrected chi connectivity index (χ1v) is 13.2. The summed E-state index contributed by atoms with van der Waals surface area (Å²) in [6.45, 7) is 7.25. The van der Waals surface area contributed by atoms with Gasteiger partial charge in [0, 0.05) is 62.0 Å². The Hall–Kier alpha value is -3.29. The Bertz CT molecular complexity index is 1270. The average Bonchev–Trinajstić information content (AvgIpc) is 3.43. The molecule has 10 heteroatoms. The van der Waals surface area contributed by atoms with Crippen molar-refractivity contribution in [2.24, 2.45) is 0 Å². The van der Waals surface area contributed by atoms with Crippen molar-refractivity contribution < 1.29 is 9.90 Å². The van der Waals surface area contributed by atoms with Gasteiger partial charge >= 0.3 is 0 Å².